The summed E-state index contributed by atoms with van der Waals surface area (Å²) in [7, 11) is 0. The van der Waals surface area contributed by atoms with Crippen LogP contribution in [0.4, 0.5) is 0 Å². The van der Waals surface area contributed by atoms with Gasteiger partial charge in [-0.1, -0.05) is 0 Å². The van der Waals surface area contributed by atoms with Crippen molar-refractivity contribution in [3.05, 3.63) is 0 Å². The second kappa shape index (κ2) is 3.66. The second-order valence-electron chi connectivity index (χ2n) is 2.68. The van der Waals surface area contributed by atoms with E-state index in [1.54, 1.807) is 0 Å². The van der Waals surface area contributed by atoms with E-state index in [1.165, 1.54) is 13.8 Å². The molecule has 0 aliphatic carbocycles. The van der Waals surface area contributed by atoms with Crippen LogP contribution < -0.4 is 0 Å². The van der Waals surface area contributed by atoms with E-state index in [-0.39, 0.29) is 6.42 Å². The van der Waals surface area contributed by atoms with Crippen molar-refractivity contribution in [1.29, 1.82) is 0 Å². The molecule has 3 N–H and O–H groups in total. The van der Waals surface area contributed by atoms with E-state index in [2.05, 4.69) is 4.89 Å². The number of carbonyl (C=O) groups is 1. The molecule has 0 saturated carbocycles. The minimum Gasteiger partial charge on any atom is -0.479 e. The molecule has 0 spiro atoms. The monoisotopic (exact) mass is 164 g/mol. The van der Waals surface area contributed by atoms with Crippen molar-refractivity contribution < 1.29 is 25.2 Å². The molecular weight excluding hydrogens is 152 g/mol. The van der Waals surface area contributed by atoms with Crippen LogP contribution in [0.25, 0.3) is 0 Å². The van der Waals surface area contributed by atoms with Crippen molar-refractivity contribution in [3.63, 3.8) is 0 Å². The van der Waals surface area contributed by atoms with Gasteiger partial charge >= 0.3 is 5.97 Å². The lowest BCUT2D eigenvalue weighted by atomic mass is 10.00. The lowest BCUT2D eigenvalue weighted by Crippen LogP contribution is -2.40. The Bertz CT molecular complexity index is 144. The van der Waals surface area contributed by atoms with Gasteiger partial charge in [-0.05, 0) is 13.8 Å². The molecule has 5 nitrogen and oxygen atoms in total. The van der Waals surface area contributed by atoms with Crippen LogP contribution in [0.5, 0.6) is 0 Å². The van der Waals surface area contributed by atoms with Gasteiger partial charge in [0, 0.05) is 6.42 Å². The van der Waals surface area contributed by atoms with Gasteiger partial charge in [-0.15, -0.1) is 0 Å². The highest BCUT2D eigenvalue weighted by Gasteiger charge is 2.36. The van der Waals surface area contributed by atoms with Gasteiger partial charge in [0.1, 0.15) is 0 Å². The number of hydrogen-bond donors (Lipinski definition) is 3. The molecule has 11 heavy (non-hydrogen) atoms. The summed E-state index contributed by atoms with van der Waals surface area (Å²) >= 11 is 0. The fraction of sp³-hybridized carbons (Fsp3) is 0.833. The Morgan fingerprint density at radius 2 is 2.18 bits per heavy atom. The third kappa shape index (κ3) is 2.83. The first-order chi connectivity index (χ1) is 4.92. The van der Waals surface area contributed by atoms with Crippen LogP contribution in [0.3, 0.4) is 0 Å². The number of aliphatic carboxylic acids is 1. The van der Waals surface area contributed by atoms with E-state index in [0.717, 1.165) is 0 Å². The molecule has 5 heteroatoms. The van der Waals surface area contributed by atoms with Crippen molar-refractivity contribution in [2.45, 2.75) is 32.0 Å². The summed E-state index contributed by atoms with van der Waals surface area (Å²) in [5.41, 5.74) is -1.71. The van der Waals surface area contributed by atoms with Gasteiger partial charge in [-0.25, -0.2) is 9.68 Å². The number of hydrogen-bond acceptors (Lipinski definition) is 4. The minimum absolute atomic E-state index is 0.154. The van der Waals surface area contributed by atoms with E-state index in [0.29, 0.717) is 0 Å². The van der Waals surface area contributed by atoms with Crippen LogP contribution in [-0.2, 0) is 9.68 Å². The highest BCUT2D eigenvalue weighted by Crippen LogP contribution is 2.16. The number of carboxylic acid groups (broad SMARTS) is 1. The third-order valence-electron chi connectivity index (χ3n) is 1.34. The summed E-state index contributed by atoms with van der Waals surface area (Å²) in [5, 5.41) is 25.5. The normalized spacial score (nSPS) is 18.9. The molecule has 0 fully saturated rings. The fourth-order valence-electron chi connectivity index (χ4n) is 0.727. The molecule has 0 saturated heterocycles. The Morgan fingerprint density at radius 3 is 2.27 bits per heavy atom. The lowest BCUT2D eigenvalue weighted by Gasteiger charge is -2.21. The molecule has 2 atom stereocenters. The first kappa shape index (κ1) is 10.3. The van der Waals surface area contributed by atoms with Crippen molar-refractivity contribution in [3.8, 4) is 0 Å². The predicted octanol–water partition coefficient (Wildman–Crippen LogP) is 0.0902. The van der Waals surface area contributed by atoms with E-state index in [4.69, 9.17) is 15.5 Å². The molecular formula is C6H12O5. The molecule has 0 bridgehead atoms. The standard InChI is InChI=1S/C6H12O5/c1-4(7)3-6(2,11-10)5(8)9/h4,7,10H,3H2,1-2H3,(H,8,9). The molecule has 0 aromatic heterocycles. The molecule has 0 aromatic rings. The summed E-state index contributed by atoms with van der Waals surface area (Å²) in [6.45, 7) is 2.60. The summed E-state index contributed by atoms with van der Waals surface area (Å²) < 4.78 is 0. The van der Waals surface area contributed by atoms with Gasteiger partial charge in [-0.3, -0.25) is 5.26 Å². The van der Waals surface area contributed by atoms with E-state index in [9.17, 15) is 4.79 Å². The maximum Gasteiger partial charge on any atom is 0.339 e. The molecule has 0 aliphatic heterocycles. The highest BCUT2D eigenvalue weighted by molar-refractivity contribution is 5.76. The smallest absolute Gasteiger partial charge is 0.339 e. The SMILES string of the molecule is CC(O)CC(C)(OO)C(=O)O. The average Bonchev–Trinajstić information content (AvgIpc) is 1.86. The van der Waals surface area contributed by atoms with Crippen molar-refractivity contribution >= 4 is 5.97 Å². The topological polar surface area (TPSA) is 87.0 Å². The fourth-order valence-corrected chi connectivity index (χ4v) is 0.727. The van der Waals surface area contributed by atoms with Crippen LogP contribution in [0, 0.1) is 0 Å². The maximum atomic E-state index is 10.4. The molecule has 0 radical (unpaired) electrons. The molecule has 0 amide bonds. The minimum atomic E-state index is -1.71. The van der Waals surface area contributed by atoms with Crippen molar-refractivity contribution in [2.75, 3.05) is 0 Å². The van der Waals surface area contributed by atoms with E-state index < -0.39 is 17.7 Å². The summed E-state index contributed by atoms with van der Waals surface area (Å²) in [4.78, 5) is 14.1. The zero-order valence-electron chi connectivity index (χ0n) is 6.44. The Labute approximate surface area is 64.2 Å². The molecule has 66 valence electrons. The average molecular weight is 164 g/mol. The first-order valence-electron chi connectivity index (χ1n) is 3.16. The van der Waals surface area contributed by atoms with Gasteiger partial charge in [-0.2, -0.15) is 0 Å². The molecule has 0 rings (SSSR count). The van der Waals surface area contributed by atoms with Gasteiger partial charge in [0.15, 0.2) is 5.60 Å². The van der Waals surface area contributed by atoms with Crippen LogP contribution in [0.1, 0.15) is 20.3 Å². The second-order valence-corrected chi connectivity index (χ2v) is 2.68. The zero-order chi connectivity index (χ0) is 9.07. The summed E-state index contributed by atoms with van der Waals surface area (Å²) in [6.07, 6.45) is -0.984. The number of rotatable bonds is 4. The Balaban J connectivity index is 4.22. The Kier molecular flexibility index (Phi) is 3.44. The Morgan fingerprint density at radius 1 is 1.73 bits per heavy atom. The van der Waals surface area contributed by atoms with Crippen LogP contribution in [-0.4, -0.2) is 33.1 Å². The van der Waals surface area contributed by atoms with Gasteiger partial charge < -0.3 is 10.2 Å². The summed E-state index contributed by atoms with van der Waals surface area (Å²) in [5.74, 6) is -1.30. The van der Waals surface area contributed by atoms with E-state index >= 15 is 0 Å². The number of aliphatic hydroxyl groups excluding tert-OH is 1. The molecule has 0 aliphatic rings. The third-order valence-corrected chi connectivity index (χ3v) is 1.34. The highest BCUT2D eigenvalue weighted by atomic mass is 17.1. The molecule has 0 aromatic carbocycles. The van der Waals surface area contributed by atoms with Crippen LogP contribution in [0.15, 0.2) is 0 Å². The number of aliphatic hydroxyl groups is 1. The number of carboxylic acids is 1. The predicted molar refractivity (Wildman–Crippen MR) is 36.1 cm³/mol. The van der Waals surface area contributed by atoms with Crippen LogP contribution in [0.2, 0.25) is 0 Å². The van der Waals surface area contributed by atoms with Gasteiger partial charge in [0.05, 0.1) is 6.10 Å². The van der Waals surface area contributed by atoms with Gasteiger partial charge in [0.2, 0.25) is 0 Å². The summed E-state index contributed by atoms with van der Waals surface area (Å²) in [6, 6.07) is 0. The van der Waals surface area contributed by atoms with Crippen LogP contribution >= 0.6 is 0 Å². The quantitative estimate of drug-likeness (QED) is 0.405. The first-order valence-corrected chi connectivity index (χ1v) is 3.16. The molecule has 2 unspecified atom stereocenters. The molecule has 0 heterocycles. The lowest BCUT2D eigenvalue weighted by molar-refractivity contribution is -0.316. The van der Waals surface area contributed by atoms with Crippen molar-refractivity contribution in [1.82, 2.24) is 0 Å². The van der Waals surface area contributed by atoms with Crippen molar-refractivity contribution in [2.24, 2.45) is 0 Å². The van der Waals surface area contributed by atoms with E-state index in [1.807, 2.05) is 0 Å². The largest absolute Gasteiger partial charge is 0.479 e. The zero-order valence-corrected chi connectivity index (χ0v) is 6.44. The Hall–Kier alpha value is -0.650. The van der Waals surface area contributed by atoms with Gasteiger partial charge in [0.25, 0.3) is 0 Å². The maximum absolute atomic E-state index is 10.4.